The summed E-state index contributed by atoms with van der Waals surface area (Å²) in [6, 6.07) is 6.96. The number of rotatable bonds is 1. The quantitative estimate of drug-likeness (QED) is 0.570. The molecule has 0 bridgehead atoms. The summed E-state index contributed by atoms with van der Waals surface area (Å²) < 4.78 is 0. The highest BCUT2D eigenvalue weighted by Crippen LogP contribution is 2.12. The molecule has 19 heavy (non-hydrogen) atoms. The van der Waals surface area contributed by atoms with Crippen LogP contribution < -0.4 is 0 Å². The van der Waals surface area contributed by atoms with Crippen LogP contribution in [-0.4, -0.2) is 29.7 Å². The average molecular weight is 255 g/mol. The molecule has 0 saturated carbocycles. The van der Waals surface area contributed by atoms with Gasteiger partial charge < -0.3 is 4.90 Å². The van der Waals surface area contributed by atoms with E-state index >= 15 is 0 Å². The molecule has 1 aliphatic heterocycles. The van der Waals surface area contributed by atoms with Gasteiger partial charge in [0, 0.05) is 37.1 Å². The Kier molecular flexibility index (Phi) is 5.56. The van der Waals surface area contributed by atoms with E-state index in [2.05, 4.69) is 19.1 Å². The molecule has 1 aromatic rings. The van der Waals surface area contributed by atoms with Crippen molar-refractivity contribution in [2.75, 3.05) is 13.1 Å². The zero-order chi connectivity index (χ0) is 14.3. The smallest absolute Gasteiger partial charge is 0.253 e. The maximum atomic E-state index is 12.1. The van der Waals surface area contributed by atoms with E-state index < -0.39 is 0 Å². The zero-order valence-corrected chi connectivity index (χ0v) is 10.9. The topological polar surface area (TPSA) is 37.4 Å². The van der Waals surface area contributed by atoms with Crippen molar-refractivity contribution in [3.05, 3.63) is 48.6 Å². The summed E-state index contributed by atoms with van der Waals surface area (Å²) in [6.45, 7) is 7.04. The second kappa shape index (κ2) is 7.17. The fraction of sp³-hybridized carbons (Fsp3) is 0.250. The first-order valence-electron chi connectivity index (χ1n) is 6.08. The second-order valence-electron chi connectivity index (χ2n) is 4.05. The van der Waals surface area contributed by atoms with Crippen LogP contribution in [0.2, 0.25) is 0 Å². The summed E-state index contributed by atoms with van der Waals surface area (Å²) in [5, 5.41) is 0. The summed E-state index contributed by atoms with van der Waals surface area (Å²) in [5.74, 6) is 2.72. The minimum Gasteiger partial charge on any atom is -0.338 e. The normalized spacial score (nSPS) is 14.1. The number of carbonyl (C=O) groups excluding carboxylic acids is 2. The predicted molar refractivity (Wildman–Crippen MR) is 75.8 cm³/mol. The van der Waals surface area contributed by atoms with Gasteiger partial charge in [-0.25, -0.2) is 0 Å². The average Bonchev–Trinajstić information content (AvgIpc) is 2.49. The lowest BCUT2D eigenvalue weighted by Gasteiger charge is -2.26. The second-order valence-corrected chi connectivity index (χ2v) is 4.05. The van der Waals surface area contributed by atoms with Gasteiger partial charge in [-0.3, -0.25) is 9.59 Å². The van der Waals surface area contributed by atoms with Crippen LogP contribution in [0.15, 0.2) is 37.4 Å². The summed E-state index contributed by atoms with van der Waals surface area (Å²) in [5.41, 5.74) is 1.38. The van der Waals surface area contributed by atoms with E-state index in [4.69, 9.17) is 6.42 Å². The van der Waals surface area contributed by atoms with Crippen LogP contribution in [0.1, 0.15) is 28.8 Å². The molecule has 98 valence electrons. The van der Waals surface area contributed by atoms with Crippen molar-refractivity contribution >= 4 is 11.7 Å². The minimum atomic E-state index is -0.0268. The van der Waals surface area contributed by atoms with Gasteiger partial charge >= 0.3 is 0 Å². The van der Waals surface area contributed by atoms with Crippen molar-refractivity contribution in [2.24, 2.45) is 0 Å². The molecule has 1 saturated heterocycles. The molecule has 2 rings (SSSR count). The molecule has 0 atom stereocenters. The minimum absolute atomic E-state index is 0.0268. The lowest BCUT2D eigenvalue weighted by Crippen LogP contribution is -2.38. The molecule has 3 nitrogen and oxygen atoms in total. The number of nitrogens with zero attached hydrogens (tertiary/aromatic N) is 1. The number of hydrogen-bond donors (Lipinski definition) is 0. The number of amides is 1. The highest BCUT2D eigenvalue weighted by molar-refractivity contribution is 5.95. The van der Waals surface area contributed by atoms with Crippen LogP contribution in [0.5, 0.6) is 0 Å². The molecule has 1 aliphatic rings. The highest BCUT2D eigenvalue weighted by Gasteiger charge is 2.21. The SMILES string of the molecule is C#Cc1ccc(C(=O)N2CCC(=O)CC2)cc1.C=C. The van der Waals surface area contributed by atoms with Crippen LogP contribution in [0.3, 0.4) is 0 Å². The number of ketones is 1. The number of benzene rings is 1. The number of hydrogen-bond acceptors (Lipinski definition) is 2. The van der Waals surface area contributed by atoms with Crippen molar-refractivity contribution in [1.29, 1.82) is 0 Å². The van der Waals surface area contributed by atoms with Crippen LogP contribution in [0.25, 0.3) is 0 Å². The molecule has 0 radical (unpaired) electrons. The summed E-state index contributed by atoms with van der Waals surface area (Å²) in [6.07, 6.45) is 6.18. The fourth-order valence-corrected chi connectivity index (χ4v) is 1.85. The monoisotopic (exact) mass is 255 g/mol. The van der Waals surface area contributed by atoms with Gasteiger partial charge in [-0.1, -0.05) is 5.92 Å². The third-order valence-electron chi connectivity index (χ3n) is 2.91. The third kappa shape index (κ3) is 3.82. The van der Waals surface area contributed by atoms with Crippen LogP contribution in [0, 0.1) is 12.3 Å². The van der Waals surface area contributed by atoms with Gasteiger partial charge in [0.2, 0.25) is 0 Å². The Bertz CT molecular complexity index is 486. The standard InChI is InChI=1S/C14H13NO2.C2H4/c1-2-11-3-5-12(6-4-11)14(17)15-9-7-13(16)8-10-15;1-2/h1,3-6H,7-10H2;1-2H2. The van der Waals surface area contributed by atoms with Crippen LogP contribution in [0.4, 0.5) is 0 Å². The number of likely N-dealkylation sites (tertiary alicyclic amines) is 1. The Morgan fingerprint density at radius 1 is 1.16 bits per heavy atom. The Morgan fingerprint density at radius 2 is 1.68 bits per heavy atom. The molecular weight excluding hydrogens is 238 g/mol. The first-order chi connectivity index (χ1) is 9.20. The van der Waals surface area contributed by atoms with Gasteiger partial charge in [-0.05, 0) is 24.3 Å². The molecule has 1 fully saturated rings. The van der Waals surface area contributed by atoms with Gasteiger partial charge in [0.05, 0.1) is 0 Å². The molecule has 0 N–H and O–H groups in total. The van der Waals surface area contributed by atoms with Crippen molar-refractivity contribution in [1.82, 2.24) is 4.90 Å². The molecular formula is C16H17NO2. The molecule has 0 aromatic heterocycles. The van der Waals surface area contributed by atoms with Crippen LogP contribution >= 0.6 is 0 Å². The van der Waals surface area contributed by atoms with Crippen molar-refractivity contribution in [3.8, 4) is 12.3 Å². The van der Waals surface area contributed by atoms with E-state index in [-0.39, 0.29) is 11.7 Å². The number of carbonyl (C=O) groups is 2. The molecule has 1 aromatic carbocycles. The van der Waals surface area contributed by atoms with Crippen molar-refractivity contribution in [3.63, 3.8) is 0 Å². The van der Waals surface area contributed by atoms with Gasteiger partial charge in [-0.15, -0.1) is 19.6 Å². The van der Waals surface area contributed by atoms with Gasteiger partial charge in [-0.2, -0.15) is 0 Å². The predicted octanol–water partition coefficient (Wildman–Crippen LogP) is 2.28. The van der Waals surface area contributed by atoms with E-state index in [0.29, 0.717) is 31.5 Å². The van der Waals surface area contributed by atoms with Crippen LogP contribution in [-0.2, 0) is 4.79 Å². The van der Waals surface area contributed by atoms with E-state index in [1.54, 1.807) is 29.2 Å². The summed E-state index contributed by atoms with van der Waals surface area (Å²) >= 11 is 0. The molecule has 0 spiro atoms. The number of Topliss-reactive ketones (excluding diaryl/α,β-unsaturated/α-hetero) is 1. The molecule has 3 heteroatoms. The van der Waals surface area contributed by atoms with Crippen molar-refractivity contribution < 1.29 is 9.59 Å². The highest BCUT2D eigenvalue weighted by atomic mass is 16.2. The van der Waals surface area contributed by atoms with Gasteiger partial charge in [0.25, 0.3) is 5.91 Å². The Morgan fingerprint density at radius 3 is 2.16 bits per heavy atom. The molecule has 0 aliphatic carbocycles. The first-order valence-corrected chi connectivity index (χ1v) is 6.08. The number of piperidine rings is 1. The Labute approximate surface area is 113 Å². The summed E-state index contributed by atoms with van der Waals surface area (Å²) in [4.78, 5) is 24.9. The van der Waals surface area contributed by atoms with Gasteiger partial charge in [0.1, 0.15) is 5.78 Å². The Hall–Kier alpha value is -2.34. The van der Waals surface area contributed by atoms with Gasteiger partial charge in [0.15, 0.2) is 0 Å². The van der Waals surface area contributed by atoms with Crippen molar-refractivity contribution in [2.45, 2.75) is 12.8 Å². The molecule has 1 heterocycles. The first kappa shape index (κ1) is 14.7. The largest absolute Gasteiger partial charge is 0.338 e. The Balaban J connectivity index is 0.000000861. The lowest BCUT2D eigenvalue weighted by molar-refractivity contribution is -0.120. The van der Waals surface area contributed by atoms with E-state index in [1.165, 1.54) is 0 Å². The maximum Gasteiger partial charge on any atom is 0.253 e. The van der Waals surface area contributed by atoms with E-state index in [0.717, 1.165) is 5.56 Å². The summed E-state index contributed by atoms with van der Waals surface area (Å²) in [7, 11) is 0. The fourth-order valence-electron chi connectivity index (χ4n) is 1.85. The molecule has 1 amide bonds. The van der Waals surface area contributed by atoms with E-state index in [9.17, 15) is 9.59 Å². The lowest BCUT2D eigenvalue weighted by atomic mass is 10.1. The number of terminal acetylenes is 1. The third-order valence-corrected chi connectivity index (χ3v) is 2.91. The zero-order valence-electron chi connectivity index (χ0n) is 10.9. The molecule has 0 unspecified atom stereocenters. The van der Waals surface area contributed by atoms with E-state index in [1.807, 2.05) is 0 Å². The maximum absolute atomic E-state index is 12.1.